The number of sulfonamides is 1. The van der Waals surface area contributed by atoms with E-state index in [0.717, 1.165) is 5.56 Å². The Morgan fingerprint density at radius 3 is 2.32 bits per heavy atom. The van der Waals surface area contributed by atoms with Gasteiger partial charge in [0.05, 0.1) is 27.3 Å². The first-order chi connectivity index (χ1) is 14.6. The van der Waals surface area contributed by atoms with E-state index in [2.05, 4.69) is 10.0 Å². The van der Waals surface area contributed by atoms with E-state index in [9.17, 15) is 13.2 Å². The van der Waals surface area contributed by atoms with Crippen LogP contribution in [-0.2, 0) is 10.0 Å². The molecule has 0 radical (unpaired) electrons. The lowest BCUT2D eigenvalue weighted by Crippen LogP contribution is -2.15. The van der Waals surface area contributed by atoms with Crippen LogP contribution in [0.1, 0.15) is 29.8 Å². The van der Waals surface area contributed by atoms with Gasteiger partial charge in [-0.25, -0.2) is 8.42 Å². The molecule has 0 spiro atoms. The van der Waals surface area contributed by atoms with E-state index >= 15 is 0 Å². The Bertz CT molecular complexity index is 1190. The van der Waals surface area contributed by atoms with Gasteiger partial charge >= 0.3 is 0 Å². The number of hydrogen-bond acceptors (Lipinski definition) is 4. The van der Waals surface area contributed by atoms with Gasteiger partial charge in [0.1, 0.15) is 5.75 Å². The Labute approximate surface area is 187 Å². The van der Waals surface area contributed by atoms with Gasteiger partial charge in [-0.15, -0.1) is 0 Å². The smallest absolute Gasteiger partial charge is 0.261 e. The predicted octanol–water partition coefficient (Wildman–Crippen LogP) is 5.49. The molecule has 0 bridgehead atoms. The minimum absolute atomic E-state index is 0.0108. The number of carbonyl (C=O) groups is 1. The number of amides is 1. The molecule has 162 valence electrons. The van der Waals surface area contributed by atoms with Crippen molar-refractivity contribution in [3.05, 3.63) is 82.9 Å². The Morgan fingerprint density at radius 1 is 0.968 bits per heavy atom. The molecule has 0 saturated heterocycles. The molecular weight excluding hydrogens is 436 g/mol. The van der Waals surface area contributed by atoms with E-state index in [-0.39, 0.29) is 27.3 Å². The van der Waals surface area contributed by atoms with Crippen molar-refractivity contribution in [1.82, 2.24) is 0 Å². The van der Waals surface area contributed by atoms with E-state index in [0.29, 0.717) is 11.4 Å². The molecule has 0 aliphatic heterocycles. The first-order valence-electron chi connectivity index (χ1n) is 9.61. The monoisotopic (exact) mass is 458 g/mol. The van der Waals surface area contributed by atoms with Gasteiger partial charge in [0, 0.05) is 11.8 Å². The molecule has 2 N–H and O–H groups in total. The molecule has 31 heavy (non-hydrogen) atoms. The standard InChI is InChI=1S/C23H23ClN2O4S/c1-15(2)30-19-6-4-5-17(13-19)25-23(27)21-12-9-18(14-22(21)24)26-31(28,29)20-10-7-16(3)8-11-20/h4-15,26H,1-3H3,(H,25,27). The van der Waals surface area contributed by atoms with Crippen molar-refractivity contribution < 1.29 is 17.9 Å². The van der Waals surface area contributed by atoms with Crippen LogP contribution in [0.25, 0.3) is 0 Å². The molecule has 0 unspecified atom stereocenters. The fourth-order valence-corrected chi connectivity index (χ4v) is 4.13. The summed E-state index contributed by atoms with van der Waals surface area (Å²) in [4.78, 5) is 12.8. The summed E-state index contributed by atoms with van der Waals surface area (Å²) in [6, 6.07) is 17.9. The highest BCUT2D eigenvalue weighted by Crippen LogP contribution is 2.25. The highest BCUT2D eigenvalue weighted by molar-refractivity contribution is 7.92. The minimum atomic E-state index is -3.77. The van der Waals surface area contributed by atoms with Crippen LogP contribution in [0.2, 0.25) is 5.02 Å². The third-order valence-corrected chi connectivity index (χ3v) is 5.97. The molecular formula is C23H23ClN2O4S. The van der Waals surface area contributed by atoms with E-state index in [1.54, 1.807) is 36.4 Å². The topological polar surface area (TPSA) is 84.5 Å². The van der Waals surface area contributed by atoms with Crippen molar-refractivity contribution in [1.29, 1.82) is 0 Å². The maximum absolute atomic E-state index is 12.6. The second-order valence-corrected chi connectivity index (χ2v) is 9.35. The second kappa shape index (κ2) is 9.41. The lowest BCUT2D eigenvalue weighted by molar-refractivity contribution is 0.102. The number of carbonyl (C=O) groups excluding carboxylic acids is 1. The summed E-state index contributed by atoms with van der Waals surface area (Å²) in [6.07, 6.45) is 0.0108. The lowest BCUT2D eigenvalue weighted by Gasteiger charge is -2.13. The lowest BCUT2D eigenvalue weighted by atomic mass is 10.2. The SMILES string of the molecule is Cc1ccc(S(=O)(=O)Nc2ccc(C(=O)Nc3cccc(OC(C)C)c3)c(Cl)c2)cc1. The third kappa shape index (κ3) is 5.99. The van der Waals surface area contributed by atoms with Gasteiger partial charge in [-0.3, -0.25) is 9.52 Å². The zero-order valence-electron chi connectivity index (χ0n) is 17.3. The Hall–Kier alpha value is -3.03. The number of rotatable bonds is 7. The van der Waals surface area contributed by atoms with E-state index in [4.69, 9.17) is 16.3 Å². The first-order valence-corrected chi connectivity index (χ1v) is 11.5. The van der Waals surface area contributed by atoms with Crippen LogP contribution in [-0.4, -0.2) is 20.4 Å². The summed E-state index contributed by atoms with van der Waals surface area (Å²) in [5.74, 6) is 0.222. The van der Waals surface area contributed by atoms with Gasteiger partial charge in [-0.05, 0) is 63.2 Å². The number of hydrogen-bond donors (Lipinski definition) is 2. The van der Waals surface area contributed by atoms with Gasteiger partial charge in [0.15, 0.2) is 0 Å². The number of anilines is 2. The molecule has 0 atom stereocenters. The fraction of sp³-hybridized carbons (Fsp3) is 0.174. The molecule has 8 heteroatoms. The van der Waals surface area contributed by atoms with Gasteiger partial charge in [0.25, 0.3) is 15.9 Å². The number of nitrogens with one attached hydrogen (secondary N) is 2. The fourth-order valence-electron chi connectivity index (χ4n) is 2.81. The molecule has 6 nitrogen and oxygen atoms in total. The largest absolute Gasteiger partial charge is 0.491 e. The maximum atomic E-state index is 12.6. The van der Waals surface area contributed by atoms with Crippen molar-refractivity contribution in [2.45, 2.75) is 31.8 Å². The van der Waals surface area contributed by atoms with Crippen LogP contribution in [0.4, 0.5) is 11.4 Å². The Balaban J connectivity index is 1.74. The molecule has 0 aliphatic carbocycles. The van der Waals surface area contributed by atoms with Crippen LogP contribution in [0.3, 0.4) is 0 Å². The molecule has 3 aromatic carbocycles. The molecule has 3 aromatic rings. The molecule has 0 heterocycles. The maximum Gasteiger partial charge on any atom is 0.261 e. The van der Waals surface area contributed by atoms with Crippen molar-refractivity contribution in [3.63, 3.8) is 0 Å². The third-order valence-electron chi connectivity index (χ3n) is 4.26. The summed E-state index contributed by atoms with van der Waals surface area (Å²) in [5.41, 5.74) is 1.99. The zero-order chi connectivity index (χ0) is 22.6. The zero-order valence-corrected chi connectivity index (χ0v) is 18.9. The first kappa shape index (κ1) is 22.7. The van der Waals surface area contributed by atoms with Crippen molar-refractivity contribution in [2.75, 3.05) is 10.0 Å². The van der Waals surface area contributed by atoms with Crippen molar-refractivity contribution in [3.8, 4) is 5.75 Å². The summed E-state index contributed by atoms with van der Waals surface area (Å²) >= 11 is 6.27. The quantitative estimate of drug-likeness (QED) is 0.490. The predicted molar refractivity (Wildman–Crippen MR) is 124 cm³/mol. The van der Waals surface area contributed by atoms with Gasteiger partial charge in [-0.2, -0.15) is 0 Å². The highest BCUT2D eigenvalue weighted by atomic mass is 35.5. The summed E-state index contributed by atoms with van der Waals surface area (Å²) in [5, 5.41) is 2.89. The van der Waals surface area contributed by atoms with Crippen LogP contribution >= 0.6 is 11.6 Å². The summed E-state index contributed by atoms with van der Waals surface area (Å²) in [6.45, 7) is 5.71. The van der Waals surface area contributed by atoms with Crippen molar-refractivity contribution in [2.24, 2.45) is 0 Å². The number of aryl methyl sites for hydroxylation is 1. The highest BCUT2D eigenvalue weighted by Gasteiger charge is 2.16. The number of ether oxygens (including phenoxy) is 1. The molecule has 0 aliphatic rings. The minimum Gasteiger partial charge on any atom is -0.491 e. The van der Waals surface area contributed by atoms with Crippen LogP contribution in [0.5, 0.6) is 5.75 Å². The molecule has 1 amide bonds. The number of benzene rings is 3. The van der Waals surface area contributed by atoms with E-state index in [1.807, 2.05) is 20.8 Å². The normalized spacial score (nSPS) is 11.3. The van der Waals surface area contributed by atoms with Crippen LogP contribution < -0.4 is 14.8 Å². The average Bonchev–Trinajstić information content (AvgIpc) is 2.67. The molecule has 0 aromatic heterocycles. The van der Waals surface area contributed by atoms with Gasteiger partial charge in [0.2, 0.25) is 0 Å². The average molecular weight is 459 g/mol. The molecule has 3 rings (SSSR count). The van der Waals surface area contributed by atoms with E-state index in [1.165, 1.54) is 30.3 Å². The summed E-state index contributed by atoms with van der Waals surface area (Å²) < 4.78 is 33.2. The van der Waals surface area contributed by atoms with Gasteiger partial charge in [-0.1, -0.05) is 35.4 Å². The Morgan fingerprint density at radius 2 is 1.68 bits per heavy atom. The van der Waals surface area contributed by atoms with Crippen LogP contribution in [0.15, 0.2) is 71.6 Å². The van der Waals surface area contributed by atoms with Gasteiger partial charge < -0.3 is 10.1 Å². The number of halogens is 1. The van der Waals surface area contributed by atoms with Crippen molar-refractivity contribution >= 4 is 38.9 Å². The second-order valence-electron chi connectivity index (χ2n) is 7.26. The van der Waals surface area contributed by atoms with Crippen LogP contribution in [0, 0.1) is 6.92 Å². The summed E-state index contributed by atoms with van der Waals surface area (Å²) in [7, 11) is -3.77. The molecule has 0 saturated carbocycles. The molecule has 0 fully saturated rings. The van der Waals surface area contributed by atoms with E-state index < -0.39 is 15.9 Å². The Kier molecular flexibility index (Phi) is 6.87.